The third kappa shape index (κ3) is 2.43. The van der Waals surface area contributed by atoms with E-state index in [1.165, 1.54) is 11.3 Å². The first kappa shape index (κ1) is 12.4. The molecule has 16 heavy (non-hydrogen) atoms. The molecule has 0 aromatic carbocycles. The van der Waals surface area contributed by atoms with E-state index in [9.17, 15) is 8.42 Å². The predicted octanol–water partition coefficient (Wildman–Crippen LogP) is 0.944. The lowest BCUT2D eigenvalue weighted by atomic mass is 10.5. The largest absolute Gasteiger partial charge is 0.326 e. The molecule has 0 aliphatic carbocycles. The highest BCUT2D eigenvalue weighted by atomic mass is 32.2. The molecule has 1 aliphatic rings. The fourth-order valence-electron chi connectivity index (χ4n) is 1.54. The van der Waals surface area contributed by atoms with Crippen LogP contribution in [-0.4, -0.2) is 37.3 Å². The minimum atomic E-state index is -3.28. The molecule has 1 aromatic rings. The lowest BCUT2D eigenvalue weighted by molar-refractivity contribution is 0.444. The Kier molecular flexibility index (Phi) is 3.91. The number of hydrogen-bond acceptors (Lipinski definition) is 5. The van der Waals surface area contributed by atoms with Crippen LogP contribution in [0.5, 0.6) is 0 Å². The van der Waals surface area contributed by atoms with Gasteiger partial charge in [0.2, 0.25) is 10.0 Å². The van der Waals surface area contributed by atoms with Crippen LogP contribution in [0.4, 0.5) is 0 Å². The molecule has 1 aromatic heterocycles. The fourth-order valence-corrected chi connectivity index (χ4v) is 5.26. The summed E-state index contributed by atoms with van der Waals surface area (Å²) in [5.74, 6) is 1.76. The summed E-state index contributed by atoms with van der Waals surface area (Å²) in [6, 6.07) is 1.68. The molecule has 1 aliphatic heterocycles. The van der Waals surface area contributed by atoms with Gasteiger partial charge in [-0.3, -0.25) is 0 Å². The van der Waals surface area contributed by atoms with Crippen LogP contribution in [-0.2, 0) is 16.6 Å². The molecule has 0 radical (unpaired) electrons. The first-order chi connectivity index (χ1) is 7.64. The lowest BCUT2D eigenvalue weighted by Crippen LogP contribution is -2.37. The van der Waals surface area contributed by atoms with Crippen LogP contribution in [0.2, 0.25) is 0 Å². The Labute approximate surface area is 104 Å². The van der Waals surface area contributed by atoms with Crippen molar-refractivity contribution in [2.24, 2.45) is 5.73 Å². The Morgan fingerprint density at radius 1 is 1.38 bits per heavy atom. The molecular formula is C9H14N2O2S3. The molecule has 7 heteroatoms. The topological polar surface area (TPSA) is 63.4 Å². The normalized spacial score (nSPS) is 18.8. The molecule has 0 amide bonds. The minimum Gasteiger partial charge on any atom is -0.326 e. The predicted molar refractivity (Wildman–Crippen MR) is 68.3 cm³/mol. The van der Waals surface area contributed by atoms with E-state index in [-0.39, 0.29) is 0 Å². The van der Waals surface area contributed by atoms with Crippen molar-refractivity contribution in [1.82, 2.24) is 4.31 Å². The van der Waals surface area contributed by atoms with Crippen LogP contribution in [0, 0.1) is 0 Å². The third-order valence-corrected chi connectivity index (χ3v) is 6.37. The van der Waals surface area contributed by atoms with Crippen LogP contribution >= 0.6 is 23.1 Å². The zero-order valence-electron chi connectivity index (χ0n) is 8.76. The van der Waals surface area contributed by atoms with Crippen molar-refractivity contribution in [3.8, 4) is 0 Å². The van der Waals surface area contributed by atoms with Gasteiger partial charge in [-0.1, -0.05) is 0 Å². The average molecular weight is 278 g/mol. The van der Waals surface area contributed by atoms with Crippen molar-refractivity contribution in [2.75, 3.05) is 24.6 Å². The summed E-state index contributed by atoms with van der Waals surface area (Å²) in [6.07, 6.45) is 0. The molecule has 1 fully saturated rings. The van der Waals surface area contributed by atoms with Gasteiger partial charge in [-0.05, 0) is 6.07 Å². The summed E-state index contributed by atoms with van der Waals surface area (Å²) in [5, 5.41) is 1.68. The zero-order chi connectivity index (χ0) is 11.6. The van der Waals surface area contributed by atoms with Gasteiger partial charge in [-0.2, -0.15) is 16.1 Å². The van der Waals surface area contributed by atoms with Gasteiger partial charge < -0.3 is 5.73 Å². The highest BCUT2D eigenvalue weighted by Crippen LogP contribution is 2.24. The molecule has 90 valence electrons. The van der Waals surface area contributed by atoms with E-state index in [2.05, 4.69) is 0 Å². The molecule has 2 rings (SSSR count). The maximum Gasteiger partial charge on any atom is 0.243 e. The Morgan fingerprint density at radius 2 is 2.06 bits per heavy atom. The van der Waals surface area contributed by atoms with Crippen molar-refractivity contribution in [3.63, 3.8) is 0 Å². The Morgan fingerprint density at radius 3 is 2.62 bits per heavy atom. The van der Waals surface area contributed by atoms with Gasteiger partial charge >= 0.3 is 0 Å². The number of thioether (sulfide) groups is 1. The van der Waals surface area contributed by atoms with E-state index in [4.69, 9.17) is 5.73 Å². The minimum absolute atomic E-state index is 0.393. The highest BCUT2D eigenvalue weighted by Gasteiger charge is 2.26. The SMILES string of the molecule is NCc1cc(S(=O)(=O)N2CCSCC2)cs1. The number of nitrogens with two attached hydrogens (primary N) is 1. The number of thiophene rings is 1. The van der Waals surface area contributed by atoms with E-state index in [1.54, 1.807) is 27.5 Å². The summed E-state index contributed by atoms with van der Waals surface area (Å²) in [4.78, 5) is 1.30. The first-order valence-electron chi connectivity index (χ1n) is 5.00. The molecule has 4 nitrogen and oxygen atoms in total. The molecular weight excluding hydrogens is 264 g/mol. The van der Waals surface area contributed by atoms with Crippen LogP contribution in [0.1, 0.15) is 4.88 Å². The molecule has 0 unspecified atom stereocenters. The van der Waals surface area contributed by atoms with Gasteiger partial charge in [-0.25, -0.2) is 8.42 Å². The summed E-state index contributed by atoms with van der Waals surface area (Å²) in [6.45, 7) is 1.62. The van der Waals surface area contributed by atoms with E-state index >= 15 is 0 Å². The van der Waals surface area contributed by atoms with Gasteiger partial charge in [0.15, 0.2) is 0 Å². The number of hydrogen-bond donors (Lipinski definition) is 1. The monoisotopic (exact) mass is 278 g/mol. The molecule has 2 heterocycles. The molecule has 0 spiro atoms. The van der Waals surface area contributed by atoms with Gasteiger partial charge in [0, 0.05) is 41.4 Å². The quantitative estimate of drug-likeness (QED) is 0.894. The van der Waals surface area contributed by atoms with Crippen LogP contribution in [0.3, 0.4) is 0 Å². The van der Waals surface area contributed by atoms with Crippen LogP contribution in [0.25, 0.3) is 0 Å². The summed E-state index contributed by atoms with van der Waals surface area (Å²) in [5.41, 5.74) is 5.48. The number of sulfonamides is 1. The summed E-state index contributed by atoms with van der Waals surface area (Å²) in [7, 11) is -3.28. The van der Waals surface area contributed by atoms with E-state index in [1.807, 2.05) is 0 Å². The Bertz CT molecular complexity index is 449. The maximum absolute atomic E-state index is 12.2. The molecule has 0 saturated carbocycles. The molecule has 2 N–H and O–H groups in total. The molecule has 1 saturated heterocycles. The van der Waals surface area contributed by atoms with E-state index < -0.39 is 10.0 Å². The van der Waals surface area contributed by atoms with E-state index in [0.29, 0.717) is 24.5 Å². The Hall–Kier alpha value is -0.0800. The number of nitrogens with zero attached hydrogens (tertiary/aromatic N) is 1. The van der Waals surface area contributed by atoms with Gasteiger partial charge in [0.25, 0.3) is 0 Å². The Balaban J connectivity index is 2.23. The highest BCUT2D eigenvalue weighted by molar-refractivity contribution is 7.99. The third-order valence-electron chi connectivity index (χ3n) is 2.44. The van der Waals surface area contributed by atoms with Crippen molar-refractivity contribution in [1.29, 1.82) is 0 Å². The van der Waals surface area contributed by atoms with E-state index in [0.717, 1.165) is 16.4 Å². The summed E-state index contributed by atoms with van der Waals surface area (Å²) >= 11 is 3.20. The molecule has 0 atom stereocenters. The first-order valence-corrected chi connectivity index (χ1v) is 8.47. The van der Waals surface area contributed by atoms with Crippen molar-refractivity contribution in [2.45, 2.75) is 11.4 Å². The average Bonchev–Trinajstić information content (AvgIpc) is 2.79. The summed E-state index contributed by atoms with van der Waals surface area (Å²) < 4.78 is 26.0. The van der Waals surface area contributed by atoms with Crippen LogP contribution < -0.4 is 5.73 Å². The van der Waals surface area contributed by atoms with Gasteiger partial charge in [-0.15, -0.1) is 11.3 Å². The van der Waals surface area contributed by atoms with Gasteiger partial charge in [0.1, 0.15) is 0 Å². The van der Waals surface area contributed by atoms with Crippen molar-refractivity contribution >= 4 is 33.1 Å². The smallest absolute Gasteiger partial charge is 0.243 e. The van der Waals surface area contributed by atoms with Gasteiger partial charge in [0.05, 0.1) is 4.90 Å². The van der Waals surface area contributed by atoms with Crippen LogP contribution in [0.15, 0.2) is 16.3 Å². The lowest BCUT2D eigenvalue weighted by Gasteiger charge is -2.24. The maximum atomic E-state index is 12.2. The molecule has 0 bridgehead atoms. The fraction of sp³-hybridized carbons (Fsp3) is 0.556. The second-order valence-corrected chi connectivity index (χ2v) is 7.63. The van der Waals surface area contributed by atoms with Crippen molar-refractivity contribution < 1.29 is 8.42 Å². The standard InChI is InChI=1S/C9H14N2O2S3/c10-6-8-5-9(7-15-8)16(12,13)11-1-3-14-4-2-11/h5,7H,1-4,6,10H2. The second-order valence-electron chi connectivity index (χ2n) is 3.47. The zero-order valence-corrected chi connectivity index (χ0v) is 11.2. The number of rotatable bonds is 3. The second kappa shape index (κ2) is 5.05. The van der Waals surface area contributed by atoms with Crippen molar-refractivity contribution in [3.05, 3.63) is 16.3 Å².